The Morgan fingerprint density at radius 3 is 2.39 bits per heavy atom. The van der Waals surface area contributed by atoms with E-state index >= 15 is 0 Å². The molecule has 0 spiro atoms. The van der Waals surface area contributed by atoms with Crippen LogP contribution in [0, 0.1) is 6.92 Å². The van der Waals surface area contributed by atoms with Crippen LogP contribution in [-0.2, 0) is 0 Å². The van der Waals surface area contributed by atoms with E-state index in [1.165, 1.54) is 11.3 Å². The molecule has 0 aliphatic carbocycles. The van der Waals surface area contributed by atoms with E-state index in [0.717, 1.165) is 24.4 Å². The average molecular weight is 382 g/mol. The third-order valence-electron chi connectivity index (χ3n) is 5.11. The van der Waals surface area contributed by atoms with Crippen molar-refractivity contribution in [1.29, 1.82) is 0 Å². The Morgan fingerprint density at radius 1 is 1.00 bits per heavy atom. The fraction of sp³-hybridized carbons (Fsp3) is 0.435. The molecule has 1 unspecified atom stereocenters. The Kier molecular flexibility index (Phi) is 6.45. The van der Waals surface area contributed by atoms with Gasteiger partial charge in [0.2, 0.25) is 0 Å². The van der Waals surface area contributed by atoms with Gasteiger partial charge in [-0.25, -0.2) is 4.79 Å². The van der Waals surface area contributed by atoms with Crippen LogP contribution >= 0.6 is 0 Å². The first kappa shape index (κ1) is 20.1. The Balaban J connectivity index is 1.52. The summed E-state index contributed by atoms with van der Waals surface area (Å²) in [6.45, 7) is 11.3. The number of amides is 2. The van der Waals surface area contributed by atoms with Crippen molar-refractivity contribution in [3.05, 3.63) is 59.7 Å². The summed E-state index contributed by atoms with van der Waals surface area (Å²) in [6, 6.07) is 16.4. The van der Waals surface area contributed by atoms with Crippen molar-refractivity contribution >= 4 is 11.7 Å². The van der Waals surface area contributed by atoms with Crippen LogP contribution < -0.4 is 15.0 Å². The maximum atomic E-state index is 12.6. The number of rotatable bonds is 5. The third-order valence-corrected chi connectivity index (χ3v) is 5.11. The van der Waals surface area contributed by atoms with E-state index in [-0.39, 0.29) is 12.3 Å². The molecule has 0 radical (unpaired) electrons. The van der Waals surface area contributed by atoms with Gasteiger partial charge in [-0.15, -0.1) is 0 Å². The standard InChI is InChI=1S/C23H31N3O2/c1-17(2)21-10-5-6-11-22(21)28-19(4)24-23(27)26-14-12-25(13-15-26)20-9-7-8-18(3)16-20/h5-11,16-17,19H,12-15H2,1-4H3,(H,24,27). The summed E-state index contributed by atoms with van der Waals surface area (Å²) in [5, 5.41) is 2.97. The lowest BCUT2D eigenvalue weighted by molar-refractivity contribution is 0.150. The zero-order chi connectivity index (χ0) is 20.1. The Labute approximate surface area is 168 Å². The number of nitrogens with one attached hydrogen (secondary N) is 1. The van der Waals surface area contributed by atoms with Crippen LogP contribution in [0.5, 0.6) is 5.75 Å². The minimum atomic E-state index is -0.387. The van der Waals surface area contributed by atoms with Crippen LogP contribution in [0.2, 0.25) is 0 Å². The molecule has 5 nitrogen and oxygen atoms in total. The quantitative estimate of drug-likeness (QED) is 0.782. The Morgan fingerprint density at radius 2 is 1.71 bits per heavy atom. The number of benzene rings is 2. The molecule has 0 saturated carbocycles. The molecule has 1 heterocycles. The number of ether oxygens (including phenoxy) is 1. The summed E-state index contributed by atoms with van der Waals surface area (Å²) in [6.07, 6.45) is -0.387. The third kappa shape index (κ3) is 4.97. The van der Waals surface area contributed by atoms with Gasteiger partial charge < -0.3 is 19.9 Å². The van der Waals surface area contributed by atoms with Gasteiger partial charge in [-0.3, -0.25) is 0 Å². The number of nitrogens with zero attached hydrogens (tertiary/aromatic N) is 2. The number of urea groups is 1. The first-order chi connectivity index (χ1) is 13.4. The van der Waals surface area contributed by atoms with E-state index in [9.17, 15) is 4.79 Å². The van der Waals surface area contributed by atoms with E-state index in [0.29, 0.717) is 19.0 Å². The van der Waals surface area contributed by atoms with Crippen molar-refractivity contribution in [2.45, 2.75) is 39.8 Å². The first-order valence-corrected chi connectivity index (χ1v) is 10.1. The van der Waals surface area contributed by atoms with Crippen LogP contribution in [0.25, 0.3) is 0 Å². The second kappa shape index (κ2) is 9.00. The normalized spacial score (nSPS) is 15.5. The summed E-state index contributed by atoms with van der Waals surface area (Å²) in [5.41, 5.74) is 3.63. The fourth-order valence-electron chi connectivity index (χ4n) is 3.54. The van der Waals surface area contributed by atoms with Gasteiger partial charge in [-0.1, -0.05) is 44.2 Å². The monoisotopic (exact) mass is 381 g/mol. The molecule has 28 heavy (non-hydrogen) atoms. The number of aryl methyl sites for hydroxylation is 1. The Bertz CT molecular complexity index is 798. The van der Waals surface area contributed by atoms with Crippen LogP contribution in [0.1, 0.15) is 37.8 Å². The summed E-state index contributed by atoms with van der Waals surface area (Å²) in [4.78, 5) is 16.8. The lowest BCUT2D eigenvalue weighted by Crippen LogP contribution is -2.54. The highest BCUT2D eigenvalue weighted by atomic mass is 16.5. The van der Waals surface area contributed by atoms with Gasteiger partial charge in [0.1, 0.15) is 5.75 Å². The summed E-state index contributed by atoms with van der Waals surface area (Å²) in [7, 11) is 0. The van der Waals surface area contributed by atoms with Crippen molar-refractivity contribution in [1.82, 2.24) is 10.2 Å². The molecule has 1 aliphatic rings. The van der Waals surface area contributed by atoms with Crippen molar-refractivity contribution in [3.8, 4) is 5.75 Å². The van der Waals surface area contributed by atoms with Crippen LogP contribution in [0.15, 0.2) is 48.5 Å². The summed E-state index contributed by atoms with van der Waals surface area (Å²) < 4.78 is 6.00. The number of carbonyl (C=O) groups is 1. The van der Waals surface area contributed by atoms with Gasteiger partial charge in [0.15, 0.2) is 6.23 Å². The second-order valence-corrected chi connectivity index (χ2v) is 7.72. The predicted octanol–water partition coefficient (Wildman–Crippen LogP) is 4.38. The van der Waals surface area contributed by atoms with Crippen LogP contribution in [0.3, 0.4) is 0 Å². The molecule has 2 aromatic carbocycles. The molecule has 1 N–H and O–H groups in total. The van der Waals surface area contributed by atoms with Gasteiger partial charge in [0, 0.05) is 31.9 Å². The fourth-order valence-corrected chi connectivity index (χ4v) is 3.54. The number of hydrogen-bond acceptors (Lipinski definition) is 3. The second-order valence-electron chi connectivity index (χ2n) is 7.72. The molecule has 1 aliphatic heterocycles. The molecule has 1 saturated heterocycles. The smallest absolute Gasteiger partial charge is 0.320 e. The highest BCUT2D eigenvalue weighted by Gasteiger charge is 2.23. The average Bonchev–Trinajstić information content (AvgIpc) is 2.68. The van der Waals surface area contributed by atoms with Crippen molar-refractivity contribution in [2.75, 3.05) is 31.1 Å². The molecule has 2 aromatic rings. The summed E-state index contributed by atoms with van der Waals surface area (Å²) in [5.74, 6) is 1.20. The van der Waals surface area contributed by atoms with Gasteiger partial charge in [0.05, 0.1) is 0 Å². The maximum Gasteiger partial charge on any atom is 0.320 e. The number of hydrogen-bond donors (Lipinski definition) is 1. The predicted molar refractivity (Wildman–Crippen MR) is 114 cm³/mol. The molecule has 1 atom stereocenters. The largest absolute Gasteiger partial charge is 0.471 e. The van der Waals surface area contributed by atoms with Gasteiger partial charge in [0.25, 0.3) is 0 Å². The molecule has 3 rings (SSSR count). The van der Waals surface area contributed by atoms with E-state index in [4.69, 9.17) is 4.74 Å². The van der Waals surface area contributed by atoms with Gasteiger partial charge in [-0.2, -0.15) is 0 Å². The Hall–Kier alpha value is -2.69. The minimum absolute atomic E-state index is 0.0709. The minimum Gasteiger partial charge on any atom is -0.471 e. The molecular formula is C23H31N3O2. The number of para-hydroxylation sites is 1. The molecular weight excluding hydrogens is 350 g/mol. The highest BCUT2D eigenvalue weighted by Crippen LogP contribution is 2.26. The lowest BCUT2D eigenvalue weighted by atomic mass is 10.0. The van der Waals surface area contributed by atoms with Crippen molar-refractivity contribution in [3.63, 3.8) is 0 Å². The zero-order valence-electron chi connectivity index (χ0n) is 17.3. The zero-order valence-corrected chi connectivity index (χ0v) is 17.3. The summed E-state index contributed by atoms with van der Waals surface area (Å²) >= 11 is 0. The van der Waals surface area contributed by atoms with Gasteiger partial charge >= 0.3 is 6.03 Å². The van der Waals surface area contributed by atoms with E-state index in [2.05, 4.69) is 61.3 Å². The van der Waals surface area contributed by atoms with E-state index in [1.54, 1.807) is 0 Å². The number of piperazine rings is 1. The van der Waals surface area contributed by atoms with Crippen molar-refractivity contribution < 1.29 is 9.53 Å². The highest BCUT2D eigenvalue weighted by molar-refractivity contribution is 5.74. The van der Waals surface area contributed by atoms with Crippen LogP contribution in [-0.4, -0.2) is 43.3 Å². The van der Waals surface area contributed by atoms with Gasteiger partial charge in [-0.05, 0) is 49.1 Å². The topological polar surface area (TPSA) is 44.8 Å². The molecule has 150 valence electrons. The number of anilines is 1. The maximum absolute atomic E-state index is 12.6. The SMILES string of the molecule is Cc1cccc(N2CCN(C(=O)NC(C)Oc3ccccc3C(C)C)CC2)c1. The molecule has 5 heteroatoms. The van der Waals surface area contributed by atoms with Crippen LogP contribution in [0.4, 0.5) is 10.5 Å². The lowest BCUT2D eigenvalue weighted by Gasteiger charge is -2.36. The van der Waals surface area contributed by atoms with E-state index < -0.39 is 0 Å². The number of carbonyl (C=O) groups excluding carboxylic acids is 1. The molecule has 0 aromatic heterocycles. The van der Waals surface area contributed by atoms with Crippen molar-refractivity contribution in [2.24, 2.45) is 0 Å². The molecule has 1 fully saturated rings. The molecule has 2 amide bonds. The first-order valence-electron chi connectivity index (χ1n) is 10.1. The molecule has 0 bridgehead atoms. The van der Waals surface area contributed by atoms with E-state index in [1.807, 2.05) is 30.0 Å².